The lowest BCUT2D eigenvalue weighted by Gasteiger charge is -2.25. The minimum Gasteiger partial charge on any atom is -0.495 e. The molecule has 0 saturated carbocycles. The van der Waals surface area contributed by atoms with Crippen LogP contribution in [0.1, 0.15) is 22.2 Å². The van der Waals surface area contributed by atoms with Crippen molar-refractivity contribution in [2.24, 2.45) is 0 Å². The summed E-state index contributed by atoms with van der Waals surface area (Å²) < 4.78 is 5.17. The molecular weight excluding hydrogens is 284 g/mol. The molecule has 0 aliphatic carbocycles. The Morgan fingerprint density at radius 2 is 2.19 bits per heavy atom. The predicted molar refractivity (Wildman–Crippen MR) is 87.0 cm³/mol. The third-order valence-corrected chi connectivity index (χ3v) is 4.44. The standard InChI is InChI=1S/C16H20N2O2S/c1-11(9-13-5-4-8-21-13)18(2)16(19)12-6-7-14(17)15(10-12)20-3/h4-8,10-11H,9,17H2,1-3H3. The number of benzene rings is 1. The van der Waals surface area contributed by atoms with Crippen LogP contribution in [0, 0.1) is 0 Å². The summed E-state index contributed by atoms with van der Waals surface area (Å²) in [5.41, 5.74) is 6.89. The third kappa shape index (κ3) is 3.55. The number of carbonyl (C=O) groups excluding carboxylic acids is 1. The number of ether oxygens (including phenoxy) is 1. The highest BCUT2D eigenvalue weighted by Gasteiger charge is 2.19. The van der Waals surface area contributed by atoms with Crippen LogP contribution in [0.2, 0.25) is 0 Å². The van der Waals surface area contributed by atoms with Crippen molar-refractivity contribution in [3.63, 3.8) is 0 Å². The molecule has 0 spiro atoms. The average molecular weight is 304 g/mol. The van der Waals surface area contributed by atoms with Gasteiger partial charge in [0.25, 0.3) is 5.91 Å². The van der Waals surface area contributed by atoms with Crippen LogP contribution in [-0.4, -0.2) is 31.0 Å². The second kappa shape index (κ2) is 6.63. The first-order valence-corrected chi connectivity index (χ1v) is 7.64. The van der Waals surface area contributed by atoms with Crippen LogP contribution in [0.15, 0.2) is 35.7 Å². The Kier molecular flexibility index (Phi) is 4.85. The van der Waals surface area contributed by atoms with Gasteiger partial charge < -0.3 is 15.4 Å². The second-order valence-corrected chi connectivity index (χ2v) is 6.04. The largest absolute Gasteiger partial charge is 0.495 e. The van der Waals surface area contributed by atoms with E-state index in [9.17, 15) is 4.79 Å². The van der Waals surface area contributed by atoms with Gasteiger partial charge in [-0.05, 0) is 36.6 Å². The number of nitrogens with two attached hydrogens (primary N) is 1. The number of hydrogen-bond acceptors (Lipinski definition) is 4. The molecule has 1 aromatic carbocycles. The number of amides is 1. The first-order valence-electron chi connectivity index (χ1n) is 6.76. The van der Waals surface area contributed by atoms with Crippen LogP contribution in [0.4, 0.5) is 5.69 Å². The summed E-state index contributed by atoms with van der Waals surface area (Å²) in [5.74, 6) is 0.498. The van der Waals surface area contributed by atoms with Gasteiger partial charge >= 0.3 is 0 Å². The van der Waals surface area contributed by atoms with Gasteiger partial charge in [0.1, 0.15) is 5.75 Å². The molecule has 1 atom stereocenters. The zero-order valence-electron chi connectivity index (χ0n) is 12.5. The average Bonchev–Trinajstić information content (AvgIpc) is 2.99. The molecule has 0 aliphatic heterocycles. The van der Waals surface area contributed by atoms with Gasteiger partial charge in [-0.2, -0.15) is 0 Å². The molecule has 1 unspecified atom stereocenters. The highest BCUT2D eigenvalue weighted by molar-refractivity contribution is 7.09. The minimum absolute atomic E-state index is 0.0302. The molecule has 0 aliphatic rings. The molecule has 0 bridgehead atoms. The van der Waals surface area contributed by atoms with Crippen molar-refractivity contribution < 1.29 is 9.53 Å². The Morgan fingerprint density at radius 1 is 1.43 bits per heavy atom. The van der Waals surface area contributed by atoms with Gasteiger partial charge in [0.2, 0.25) is 0 Å². The number of anilines is 1. The fourth-order valence-corrected chi connectivity index (χ4v) is 2.93. The Morgan fingerprint density at radius 3 is 2.81 bits per heavy atom. The Hall–Kier alpha value is -2.01. The second-order valence-electron chi connectivity index (χ2n) is 5.01. The summed E-state index contributed by atoms with van der Waals surface area (Å²) in [4.78, 5) is 15.6. The van der Waals surface area contributed by atoms with Gasteiger partial charge in [0.15, 0.2) is 0 Å². The van der Waals surface area contributed by atoms with Crippen molar-refractivity contribution in [2.45, 2.75) is 19.4 Å². The molecule has 4 nitrogen and oxygen atoms in total. The molecule has 2 rings (SSSR count). The number of carbonyl (C=O) groups is 1. The SMILES string of the molecule is COc1cc(C(=O)N(C)C(C)Cc2cccs2)ccc1N. The van der Waals surface area contributed by atoms with E-state index in [0.29, 0.717) is 17.0 Å². The molecule has 0 saturated heterocycles. The molecule has 2 N–H and O–H groups in total. The lowest BCUT2D eigenvalue weighted by molar-refractivity contribution is 0.0743. The molecule has 21 heavy (non-hydrogen) atoms. The lowest BCUT2D eigenvalue weighted by atomic mass is 10.1. The van der Waals surface area contributed by atoms with Crippen molar-refractivity contribution in [1.29, 1.82) is 0 Å². The molecular formula is C16H20N2O2S. The smallest absolute Gasteiger partial charge is 0.253 e. The van der Waals surface area contributed by atoms with E-state index in [1.165, 1.54) is 4.88 Å². The van der Waals surface area contributed by atoms with Gasteiger partial charge in [-0.1, -0.05) is 6.07 Å². The minimum atomic E-state index is -0.0302. The van der Waals surface area contributed by atoms with Crippen LogP contribution in [0.3, 0.4) is 0 Å². The Balaban J connectivity index is 2.11. The maximum absolute atomic E-state index is 12.5. The number of hydrogen-bond donors (Lipinski definition) is 1. The summed E-state index contributed by atoms with van der Waals surface area (Å²) in [7, 11) is 3.37. The number of likely N-dealkylation sites (N-methyl/N-ethyl adjacent to an activating group) is 1. The maximum Gasteiger partial charge on any atom is 0.253 e. The summed E-state index contributed by atoms with van der Waals surface area (Å²) >= 11 is 1.71. The van der Waals surface area contributed by atoms with Gasteiger partial charge in [0.05, 0.1) is 12.8 Å². The fraction of sp³-hybridized carbons (Fsp3) is 0.312. The quantitative estimate of drug-likeness (QED) is 0.864. The summed E-state index contributed by atoms with van der Waals surface area (Å²) in [5, 5.41) is 2.05. The van der Waals surface area contributed by atoms with Crippen LogP contribution in [0.25, 0.3) is 0 Å². The predicted octanol–water partition coefficient (Wildman–Crippen LogP) is 3.04. The lowest BCUT2D eigenvalue weighted by Crippen LogP contribution is -2.36. The molecule has 1 aromatic heterocycles. The first-order chi connectivity index (χ1) is 10.0. The number of nitrogen functional groups attached to an aromatic ring is 1. The molecule has 112 valence electrons. The van der Waals surface area contributed by atoms with Gasteiger partial charge in [-0.25, -0.2) is 0 Å². The highest BCUT2D eigenvalue weighted by atomic mass is 32.1. The molecule has 2 aromatic rings. The van der Waals surface area contributed by atoms with E-state index >= 15 is 0 Å². The third-order valence-electron chi connectivity index (χ3n) is 3.54. The van der Waals surface area contributed by atoms with Crippen molar-refractivity contribution in [2.75, 3.05) is 19.9 Å². The van der Waals surface area contributed by atoms with Gasteiger partial charge in [0, 0.05) is 30.0 Å². The van der Waals surface area contributed by atoms with E-state index in [2.05, 4.69) is 11.4 Å². The highest BCUT2D eigenvalue weighted by Crippen LogP contribution is 2.23. The van der Waals surface area contributed by atoms with E-state index < -0.39 is 0 Å². The number of nitrogens with zero attached hydrogens (tertiary/aromatic N) is 1. The molecule has 0 fully saturated rings. The van der Waals surface area contributed by atoms with Crippen LogP contribution >= 0.6 is 11.3 Å². The number of thiophene rings is 1. The molecule has 5 heteroatoms. The monoisotopic (exact) mass is 304 g/mol. The molecule has 1 heterocycles. The van der Waals surface area contributed by atoms with E-state index in [0.717, 1.165) is 6.42 Å². The fourth-order valence-electron chi connectivity index (χ4n) is 2.10. The van der Waals surface area contributed by atoms with Crippen LogP contribution < -0.4 is 10.5 Å². The summed E-state index contributed by atoms with van der Waals surface area (Å²) in [6, 6.07) is 9.36. The van der Waals surface area contributed by atoms with Crippen molar-refractivity contribution >= 4 is 22.9 Å². The van der Waals surface area contributed by atoms with Gasteiger partial charge in [-0.3, -0.25) is 4.79 Å². The van der Waals surface area contributed by atoms with Crippen molar-refractivity contribution in [1.82, 2.24) is 4.90 Å². The van der Waals surface area contributed by atoms with Crippen LogP contribution in [-0.2, 0) is 6.42 Å². The molecule has 0 radical (unpaired) electrons. The van der Waals surface area contributed by atoms with E-state index in [1.54, 1.807) is 41.5 Å². The molecule has 1 amide bonds. The summed E-state index contributed by atoms with van der Waals surface area (Å²) in [6.07, 6.45) is 0.853. The maximum atomic E-state index is 12.5. The van der Waals surface area contributed by atoms with E-state index in [-0.39, 0.29) is 11.9 Å². The van der Waals surface area contributed by atoms with Crippen molar-refractivity contribution in [3.8, 4) is 5.75 Å². The number of rotatable bonds is 5. The zero-order valence-corrected chi connectivity index (χ0v) is 13.3. The number of methoxy groups -OCH3 is 1. The first kappa shape index (κ1) is 15.4. The topological polar surface area (TPSA) is 55.6 Å². The zero-order chi connectivity index (χ0) is 15.4. The Labute approximate surface area is 129 Å². The normalized spacial score (nSPS) is 12.0. The van der Waals surface area contributed by atoms with E-state index in [4.69, 9.17) is 10.5 Å². The van der Waals surface area contributed by atoms with Gasteiger partial charge in [-0.15, -0.1) is 11.3 Å². The van der Waals surface area contributed by atoms with Crippen molar-refractivity contribution in [3.05, 3.63) is 46.2 Å². The van der Waals surface area contributed by atoms with E-state index in [1.807, 2.05) is 20.0 Å². The van der Waals surface area contributed by atoms with Crippen LogP contribution in [0.5, 0.6) is 5.75 Å². The summed E-state index contributed by atoms with van der Waals surface area (Å²) in [6.45, 7) is 2.05. The Bertz CT molecular complexity index is 611.